The van der Waals surface area contributed by atoms with Crippen molar-refractivity contribution >= 4 is 28.6 Å². The third-order valence-corrected chi connectivity index (χ3v) is 4.09. The van der Waals surface area contributed by atoms with E-state index >= 15 is 0 Å². The summed E-state index contributed by atoms with van der Waals surface area (Å²) in [6, 6.07) is 1.89. The molecule has 0 aliphatic heterocycles. The molecule has 0 aliphatic carbocycles. The minimum absolute atomic E-state index is 0.455. The molecule has 0 saturated heterocycles. The van der Waals surface area contributed by atoms with Crippen molar-refractivity contribution < 1.29 is 5.11 Å². The van der Waals surface area contributed by atoms with Crippen LogP contribution in [-0.2, 0) is 13.5 Å². The quantitative estimate of drug-likeness (QED) is 0.701. The molecule has 0 aliphatic rings. The molecule has 3 aromatic heterocycles. The number of hydrogen-bond donors (Lipinski definition) is 2. The number of aliphatic hydroxyl groups is 1. The highest BCUT2D eigenvalue weighted by Crippen LogP contribution is 2.27. The number of hydrogen-bond acceptors (Lipinski definition) is 7. The van der Waals surface area contributed by atoms with Crippen LogP contribution >= 0.6 is 0 Å². The Morgan fingerprint density at radius 1 is 1.23 bits per heavy atom. The first kappa shape index (κ1) is 18.1. The van der Waals surface area contributed by atoms with Crippen LogP contribution in [0.4, 0.5) is 17.6 Å². The monoisotopic (exact) mass is 355 g/mol. The summed E-state index contributed by atoms with van der Waals surface area (Å²) in [5.41, 5.74) is 1.40. The van der Waals surface area contributed by atoms with E-state index in [0.29, 0.717) is 23.7 Å². The maximum absolute atomic E-state index is 10.0. The fraction of sp³-hybridized carbons (Fsp3) is 0.444. The van der Waals surface area contributed by atoms with Crippen LogP contribution in [0.3, 0.4) is 0 Å². The Labute approximate surface area is 152 Å². The molecule has 0 amide bonds. The van der Waals surface area contributed by atoms with Gasteiger partial charge in [0, 0.05) is 45.1 Å². The Morgan fingerprint density at radius 2 is 2.00 bits per heavy atom. The van der Waals surface area contributed by atoms with Gasteiger partial charge in [-0.25, -0.2) is 15.0 Å². The zero-order valence-corrected chi connectivity index (χ0v) is 15.9. The third kappa shape index (κ3) is 3.91. The van der Waals surface area contributed by atoms with E-state index in [1.807, 2.05) is 35.8 Å². The molecule has 0 spiro atoms. The summed E-state index contributed by atoms with van der Waals surface area (Å²) in [7, 11) is 3.88. The van der Waals surface area contributed by atoms with E-state index in [4.69, 9.17) is 9.97 Å². The van der Waals surface area contributed by atoms with Crippen LogP contribution in [0.15, 0.2) is 24.7 Å². The van der Waals surface area contributed by atoms with Gasteiger partial charge >= 0.3 is 0 Å². The van der Waals surface area contributed by atoms with Gasteiger partial charge in [0.25, 0.3) is 0 Å². The van der Waals surface area contributed by atoms with E-state index in [1.54, 1.807) is 26.2 Å². The third-order valence-electron chi connectivity index (χ3n) is 4.09. The molecule has 2 N–H and O–H groups in total. The normalized spacial score (nSPS) is 11.8. The highest BCUT2D eigenvalue weighted by atomic mass is 16.3. The van der Waals surface area contributed by atoms with Crippen LogP contribution in [0.5, 0.6) is 0 Å². The average Bonchev–Trinajstić information content (AvgIpc) is 2.97. The molecule has 0 saturated carbocycles. The lowest BCUT2D eigenvalue weighted by Gasteiger charge is -2.20. The van der Waals surface area contributed by atoms with E-state index in [0.717, 1.165) is 23.6 Å². The zero-order valence-electron chi connectivity index (χ0n) is 15.9. The second-order valence-corrected chi connectivity index (χ2v) is 7.05. The first-order chi connectivity index (χ1) is 12.3. The Bertz CT molecular complexity index is 914. The van der Waals surface area contributed by atoms with E-state index in [-0.39, 0.29) is 0 Å². The highest BCUT2D eigenvalue weighted by molar-refractivity contribution is 5.81. The number of rotatable bonds is 6. The van der Waals surface area contributed by atoms with E-state index in [2.05, 4.69) is 22.2 Å². The van der Waals surface area contributed by atoms with Gasteiger partial charge in [0.2, 0.25) is 5.95 Å². The molecule has 8 heteroatoms. The van der Waals surface area contributed by atoms with Crippen LogP contribution in [0, 0.1) is 0 Å². The molecule has 0 atom stereocenters. The molecule has 0 fully saturated rings. The number of anilines is 3. The van der Waals surface area contributed by atoms with Crippen LogP contribution in [-0.4, -0.2) is 48.8 Å². The Kier molecular flexibility index (Phi) is 4.78. The van der Waals surface area contributed by atoms with Gasteiger partial charge in [-0.1, -0.05) is 0 Å². The second kappa shape index (κ2) is 6.87. The van der Waals surface area contributed by atoms with Gasteiger partial charge < -0.3 is 19.9 Å². The minimum atomic E-state index is -0.823. The van der Waals surface area contributed by atoms with Gasteiger partial charge in [0.15, 0.2) is 11.6 Å². The second-order valence-electron chi connectivity index (χ2n) is 7.05. The van der Waals surface area contributed by atoms with E-state index in [9.17, 15) is 5.11 Å². The first-order valence-corrected chi connectivity index (χ1v) is 8.61. The van der Waals surface area contributed by atoms with Crippen molar-refractivity contribution in [3.8, 4) is 0 Å². The zero-order chi connectivity index (χ0) is 18.9. The molecular weight excluding hydrogens is 330 g/mol. The van der Waals surface area contributed by atoms with Crippen LogP contribution in [0.25, 0.3) is 11.0 Å². The number of imidazole rings is 1. The van der Waals surface area contributed by atoms with Gasteiger partial charge in [-0.05, 0) is 26.8 Å². The van der Waals surface area contributed by atoms with Gasteiger partial charge in [-0.15, -0.1) is 0 Å². The maximum atomic E-state index is 10.0. The number of fused-ring (bicyclic) bond motifs is 1. The molecule has 0 unspecified atom stereocenters. The molecule has 26 heavy (non-hydrogen) atoms. The molecule has 3 aromatic rings. The number of pyridine rings is 1. The summed E-state index contributed by atoms with van der Waals surface area (Å²) in [5, 5.41) is 13.3. The Balaban J connectivity index is 2.06. The highest BCUT2D eigenvalue weighted by Gasteiger charge is 2.17. The largest absolute Gasteiger partial charge is 0.390 e. The first-order valence-electron chi connectivity index (χ1n) is 8.61. The molecule has 8 nitrogen and oxygen atoms in total. The SMILES string of the molecule is CCN(C)c1nc2cc(CC(C)(C)O)ncc2nc1Nc1nccn1C. The summed E-state index contributed by atoms with van der Waals surface area (Å²) in [4.78, 5) is 20.2. The predicted octanol–water partition coefficient (Wildman–Crippen LogP) is 2.27. The lowest BCUT2D eigenvalue weighted by atomic mass is 10.0. The molecule has 3 rings (SSSR count). The topological polar surface area (TPSA) is 92.0 Å². The predicted molar refractivity (Wildman–Crippen MR) is 103 cm³/mol. The van der Waals surface area contributed by atoms with E-state index < -0.39 is 5.60 Å². The lowest BCUT2D eigenvalue weighted by molar-refractivity contribution is 0.0800. The van der Waals surface area contributed by atoms with Crippen molar-refractivity contribution in [3.63, 3.8) is 0 Å². The number of nitrogens with one attached hydrogen (secondary N) is 1. The van der Waals surface area contributed by atoms with Crippen molar-refractivity contribution in [1.29, 1.82) is 0 Å². The number of aryl methyl sites for hydroxylation is 1. The van der Waals surface area contributed by atoms with Gasteiger partial charge in [-0.2, -0.15) is 0 Å². The summed E-state index contributed by atoms with van der Waals surface area (Å²) < 4.78 is 1.88. The Hall–Kier alpha value is -2.74. The molecule has 138 valence electrons. The summed E-state index contributed by atoms with van der Waals surface area (Å²) in [6.07, 6.45) is 5.74. The maximum Gasteiger partial charge on any atom is 0.208 e. The number of nitrogens with zero attached hydrogens (tertiary/aromatic N) is 6. The van der Waals surface area contributed by atoms with Gasteiger partial charge in [-0.3, -0.25) is 4.98 Å². The fourth-order valence-corrected chi connectivity index (χ4v) is 2.62. The van der Waals surface area contributed by atoms with Crippen molar-refractivity contribution in [2.24, 2.45) is 7.05 Å². The summed E-state index contributed by atoms with van der Waals surface area (Å²) >= 11 is 0. The molecular formula is C18H25N7O. The molecule has 3 heterocycles. The summed E-state index contributed by atoms with van der Waals surface area (Å²) in [6.45, 7) is 6.38. The van der Waals surface area contributed by atoms with Crippen LogP contribution in [0.2, 0.25) is 0 Å². The number of aromatic nitrogens is 5. The Morgan fingerprint density at radius 3 is 2.62 bits per heavy atom. The van der Waals surface area contributed by atoms with Gasteiger partial charge in [0.05, 0.1) is 17.3 Å². The van der Waals surface area contributed by atoms with Gasteiger partial charge in [0.1, 0.15) is 5.52 Å². The lowest BCUT2D eigenvalue weighted by Crippen LogP contribution is -2.22. The van der Waals surface area contributed by atoms with Crippen molar-refractivity contribution in [1.82, 2.24) is 24.5 Å². The molecule has 0 aromatic carbocycles. The van der Waals surface area contributed by atoms with Crippen molar-refractivity contribution in [2.75, 3.05) is 23.8 Å². The fourth-order valence-electron chi connectivity index (χ4n) is 2.62. The molecule has 0 radical (unpaired) electrons. The van der Waals surface area contributed by atoms with Crippen LogP contribution < -0.4 is 10.2 Å². The van der Waals surface area contributed by atoms with Crippen LogP contribution in [0.1, 0.15) is 26.5 Å². The summed E-state index contributed by atoms with van der Waals surface area (Å²) in [5.74, 6) is 2.06. The average molecular weight is 355 g/mol. The smallest absolute Gasteiger partial charge is 0.208 e. The molecule has 0 bridgehead atoms. The standard InChI is InChI=1S/C18H25N7O/c1-6-24(4)16-15(23-17-19-7-8-25(17)5)21-14-11-20-12(9-13(14)22-16)10-18(2,3)26/h7-9,11,26H,6,10H2,1-5H3,(H,19,21,23). The van der Waals surface area contributed by atoms with Crippen molar-refractivity contribution in [3.05, 3.63) is 30.4 Å². The van der Waals surface area contributed by atoms with Crippen molar-refractivity contribution in [2.45, 2.75) is 32.8 Å². The minimum Gasteiger partial charge on any atom is -0.390 e. The van der Waals surface area contributed by atoms with E-state index in [1.165, 1.54) is 0 Å².